The third-order valence-electron chi connectivity index (χ3n) is 3.37. The van der Waals surface area contributed by atoms with Crippen molar-refractivity contribution in [3.8, 4) is 0 Å². The van der Waals surface area contributed by atoms with Crippen molar-refractivity contribution >= 4 is 17.5 Å². The number of rotatable bonds is 5. The van der Waals surface area contributed by atoms with Gasteiger partial charge in [-0.1, -0.05) is 6.92 Å². The molecule has 1 aliphatic rings. The van der Waals surface area contributed by atoms with Crippen molar-refractivity contribution in [2.24, 2.45) is 0 Å². The normalized spacial score (nSPS) is 17.7. The van der Waals surface area contributed by atoms with Crippen molar-refractivity contribution in [2.45, 2.75) is 32.7 Å². The summed E-state index contributed by atoms with van der Waals surface area (Å²) in [5, 5.41) is 8.90. The number of carbonyl (C=O) groups is 2. The van der Waals surface area contributed by atoms with Crippen LogP contribution in [0.5, 0.6) is 0 Å². The number of aryl methyl sites for hydroxylation is 1. The van der Waals surface area contributed by atoms with Crippen molar-refractivity contribution in [3.63, 3.8) is 0 Å². The van der Waals surface area contributed by atoms with E-state index in [1.54, 1.807) is 0 Å². The van der Waals surface area contributed by atoms with Crippen LogP contribution in [0.1, 0.15) is 35.7 Å². The minimum absolute atomic E-state index is 0.00871. The Bertz CT molecular complexity index is 514. The van der Waals surface area contributed by atoms with Gasteiger partial charge >= 0.3 is 0 Å². The van der Waals surface area contributed by atoms with Gasteiger partial charge in [-0.15, -0.1) is 0 Å². The van der Waals surface area contributed by atoms with Gasteiger partial charge in [0.05, 0.1) is 6.04 Å². The van der Waals surface area contributed by atoms with E-state index in [2.05, 4.69) is 22.9 Å². The Hall–Kier alpha value is -2.04. The molecule has 0 saturated carbocycles. The highest BCUT2D eigenvalue weighted by molar-refractivity contribution is 5.95. The van der Waals surface area contributed by atoms with Gasteiger partial charge in [-0.05, 0) is 37.1 Å². The van der Waals surface area contributed by atoms with Gasteiger partial charge in [-0.25, -0.2) is 0 Å². The molecule has 1 heterocycles. The molecule has 0 radical (unpaired) electrons. The first-order chi connectivity index (χ1) is 9.60. The predicted octanol–water partition coefficient (Wildman–Crippen LogP) is 1.44. The second-order valence-corrected chi connectivity index (χ2v) is 5.14. The lowest BCUT2D eigenvalue weighted by molar-refractivity contribution is -0.119. The summed E-state index contributed by atoms with van der Waals surface area (Å²) in [6.45, 7) is 5.53. The number of amides is 2. The van der Waals surface area contributed by atoms with Crippen molar-refractivity contribution in [1.29, 1.82) is 0 Å². The van der Waals surface area contributed by atoms with Gasteiger partial charge in [-0.3, -0.25) is 9.59 Å². The molecule has 2 amide bonds. The van der Waals surface area contributed by atoms with Crippen molar-refractivity contribution in [2.75, 3.05) is 18.4 Å². The predicted molar refractivity (Wildman–Crippen MR) is 78.8 cm³/mol. The molecule has 0 bridgehead atoms. The minimum atomic E-state index is -0.128. The van der Waals surface area contributed by atoms with Crippen LogP contribution in [0.15, 0.2) is 18.2 Å². The third kappa shape index (κ3) is 3.50. The second-order valence-electron chi connectivity index (χ2n) is 5.14. The lowest BCUT2D eigenvalue weighted by atomic mass is 10.1. The number of carbonyl (C=O) groups excluding carboxylic acids is 2. The first-order valence-corrected chi connectivity index (χ1v) is 7.02. The van der Waals surface area contributed by atoms with E-state index in [0.29, 0.717) is 18.5 Å². The zero-order chi connectivity index (χ0) is 14.5. The highest BCUT2D eigenvalue weighted by atomic mass is 16.2. The monoisotopic (exact) mass is 275 g/mol. The first kappa shape index (κ1) is 14.4. The zero-order valence-electron chi connectivity index (χ0n) is 12.0. The SMILES string of the molecule is CCCNc1ccc(C(=O)NC2CNC(=O)C2)cc1C. The van der Waals surface area contributed by atoms with Crippen LogP contribution >= 0.6 is 0 Å². The molecule has 2 rings (SSSR count). The molecule has 5 heteroatoms. The number of hydrogen-bond acceptors (Lipinski definition) is 3. The lowest BCUT2D eigenvalue weighted by Gasteiger charge is -2.13. The molecule has 1 saturated heterocycles. The molecular weight excluding hydrogens is 254 g/mol. The Morgan fingerprint density at radius 3 is 2.85 bits per heavy atom. The fourth-order valence-electron chi connectivity index (χ4n) is 2.24. The van der Waals surface area contributed by atoms with Crippen LogP contribution in [0.2, 0.25) is 0 Å². The topological polar surface area (TPSA) is 70.2 Å². The largest absolute Gasteiger partial charge is 0.385 e. The average molecular weight is 275 g/mol. The minimum Gasteiger partial charge on any atom is -0.385 e. The van der Waals surface area contributed by atoms with E-state index in [9.17, 15) is 9.59 Å². The lowest BCUT2D eigenvalue weighted by Crippen LogP contribution is -2.36. The van der Waals surface area contributed by atoms with Gasteiger partial charge in [-0.2, -0.15) is 0 Å². The number of hydrogen-bond donors (Lipinski definition) is 3. The van der Waals surface area contributed by atoms with Crippen LogP contribution in [0.25, 0.3) is 0 Å². The molecule has 1 atom stereocenters. The first-order valence-electron chi connectivity index (χ1n) is 7.02. The highest BCUT2D eigenvalue weighted by Crippen LogP contribution is 2.17. The van der Waals surface area contributed by atoms with Gasteiger partial charge in [0.25, 0.3) is 5.91 Å². The summed E-state index contributed by atoms with van der Waals surface area (Å²) in [5.74, 6) is -0.137. The van der Waals surface area contributed by atoms with E-state index in [1.807, 2.05) is 25.1 Å². The number of anilines is 1. The van der Waals surface area contributed by atoms with Crippen LogP contribution in [0.3, 0.4) is 0 Å². The van der Waals surface area contributed by atoms with E-state index in [4.69, 9.17) is 0 Å². The Kier molecular flexibility index (Phi) is 4.61. The fourth-order valence-corrected chi connectivity index (χ4v) is 2.24. The van der Waals surface area contributed by atoms with Crippen LogP contribution in [-0.4, -0.2) is 30.9 Å². The van der Waals surface area contributed by atoms with Crippen LogP contribution in [-0.2, 0) is 4.79 Å². The summed E-state index contributed by atoms with van der Waals surface area (Å²) >= 11 is 0. The number of benzene rings is 1. The van der Waals surface area contributed by atoms with E-state index in [1.165, 1.54) is 0 Å². The summed E-state index contributed by atoms with van der Waals surface area (Å²) in [4.78, 5) is 23.2. The van der Waals surface area contributed by atoms with Crippen molar-refractivity contribution in [3.05, 3.63) is 29.3 Å². The summed E-state index contributed by atoms with van der Waals surface area (Å²) < 4.78 is 0. The van der Waals surface area contributed by atoms with E-state index in [0.717, 1.165) is 24.2 Å². The van der Waals surface area contributed by atoms with Crippen LogP contribution in [0.4, 0.5) is 5.69 Å². The van der Waals surface area contributed by atoms with E-state index >= 15 is 0 Å². The maximum atomic E-state index is 12.1. The maximum absolute atomic E-state index is 12.1. The number of nitrogens with one attached hydrogen (secondary N) is 3. The molecule has 1 aliphatic heterocycles. The molecule has 1 fully saturated rings. The standard InChI is InChI=1S/C15H21N3O2/c1-3-6-16-13-5-4-11(7-10(13)2)15(20)18-12-8-14(19)17-9-12/h4-5,7,12,16H,3,6,8-9H2,1-2H3,(H,17,19)(H,18,20). The summed E-state index contributed by atoms with van der Waals surface area (Å²) in [6.07, 6.45) is 1.42. The van der Waals surface area contributed by atoms with Crippen molar-refractivity contribution in [1.82, 2.24) is 10.6 Å². The van der Waals surface area contributed by atoms with E-state index < -0.39 is 0 Å². The Morgan fingerprint density at radius 2 is 2.25 bits per heavy atom. The second kappa shape index (κ2) is 6.41. The van der Waals surface area contributed by atoms with E-state index in [-0.39, 0.29) is 17.9 Å². The smallest absolute Gasteiger partial charge is 0.251 e. The molecule has 1 unspecified atom stereocenters. The molecule has 0 spiro atoms. The zero-order valence-corrected chi connectivity index (χ0v) is 12.0. The van der Waals surface area contributed by atoms with Gasteiger partial charge in [0.1, 0.15) is 0 Å². The molecule has 3 N–H and O–H groups in total. The molecule has 5 nitrogen and oxygen atoms in total. The molecule has 1 aromatic rings. The third-order valence-corrected chi connectivity index (χ3v) is 3.37. The summed E-state index contributed by atoms with van der Waals surface area (Å²) in [5.41, 5.74) is 2.73. The Balaban J connectivity index is 1.99. The molecule has 0 aromatic heterocycles. The van der Waals surface area contributed by atoms with Crippen LogP contribution in [0, 0.1) is 6.92 Å². The van der Waals surface area contributed by atoms with Gasteiger partial charge < -0.3 is 16.0 Å². The molecule has 1 aromatic carbocycles. The fraction of sp³-hybridized carbons (Fsp3) is 0.467. The molecular formula is C15H21N3O2. The van der Waals surface area contributed by atoms with Gasteiger partial charge in [0.2, 0.25) is 5.91 Å². The molecule has 20 heavy (non-hydrogen) atoms. The molecule has 0 aliphatic carbocycles. The quantitative estimate of drug-likeness (QED) is 0.761. The summed E-state index contributed by atoms with van der Waals surface area (Å²) in [7, 11) is 0. The average Bonchev–Trinajstić information content (AvgIpc) is 2.82. The van der Waals surface area contributed by atoms with Crippen LogP contribution < -0.4 is 16.0 Å². The molecule has 108 valence electrons. The Morgan fingerprint density at radius 1 is 1.45 bits per heavy atom. The maximum Gasteiger partial charge on any atom is 0.251 e. The van der Waals surface area contributed by atoms with Gasteiger partial charge in [0, 0.05) is 30.8 Å². The van der Waals surface area contributed by atoms with Crippen molar-refractivity contribution < 1.29 is 9.59 Å². The Labute approximate surface area is 119 Å². The van der Waals surface area contributed by atoms with Gasteiger partial charge in [0.15, 0.2) is 0 Å². The highest BCUT2D eigenvalue weighted by Gasteiger charge is 2.23. The summed E-state index contributed by atoms with van der Waals surface area (Å²) in [6, 6.07) is 5.51.